The minimum atomic E-state index is -0.325. The van der Waals surface area contributed by atoms with E-state index in [0.717, 1.165) is 32.6 Å². The number of imidazole rings is 1. The van der Waals surface area contributed by atoms with Crippen molar-refractivity contribution in [3.63, 3.8) is 0 Å². The van der Waals surface area contributed by atoms with Gasteiger partial charge in [-0.15, -0.1) is 11.8 Å². The number of aromatic nitrogens is 2. The van der Waals surface area contributed by atoms with E-state index in [9.17, 15) is 4.79 Å². The smallest absolute Gasteiger partial charge is 0.252 e. The van der Waals surface area contributed by atoms with Gasteiger partial charge in [0.2, 0.25) is 0 Å². The Morgan fingerprint density at radius 1 is 1.03 bits per heavy atom. The van der Waals surface area contributed by atoms with Crippen molar-refractivity contribution >= 4 is 29.3 Å². The molecule has 6 heteroatoms. The van der Waals surface area contributed by atoms with Crippen LogP contribution in [0.2, 0.25) is 5.02 Å². The van der Waals surface area contributed by atoms with Gasteiger partial charge in [0.1, 0.15) is 11.9 Å². The van der Waals surface area contributed by atoms with Crippen molar-refractivity contribution in [2.24, 2.45) is 7.05 Å². The van der Waals surface area contributed by atoms with E-state index < -0.39 is 0 Å². The number of aryl methyl sites for hydroxylation is 1. The minimum absolute atomic E-state index is 0.131. The summed E-state index contributed by atoms with van der Waals surface area (Å²) >= 11 is 7.67. The summed E-state index contributed by atoms with van der Waals surface area (Å²) in [6.45, 7) is 0. The maximum Gasteiger partial charge on any atom is 0.252 e. The molecule has 3 aromatic carbocycles. The van der Waals surface area contributed by atoms with Crippen LogP contribution in [-0.2, 0) is 12.8 Å². The highest BCUT2D eigenvalue weighted by Crippen LogP contribution is 2.25. The average molecular weight is 448 g/mol. The van der Waals surface area contributed by atoms with Crippen LogP contribution in [0.25, 0.3) is 0 Å². The lowest BCUT2D eigenvalue weighted by Gasteiger charge is -2.19. The summed E-state index contributed by atoms with van der Waals surface area (Å²) in [5.74, 6) is 1.48. The number of benzene rings is 3. The lowest BCUT2D eigenvalue weighted by atomic mass is 10.1. The molecule has 31 heavy (non-hydrogen) atoms. The van der Waals surface area contributed by atoms with Crippen LogP contribution in [0.4, 0.5) is 0 Å². The highest BCUT2D eigenvalue weighted by atomic mass is 35.5. The van der Waals surface area contributed by atoms with Gasteiger partial charge in [-0.1, -0.05) is 54.1 Å². The van der Waals surface area contributed by atoms with Crippen molar-refractivity contribution in [1.82, 2.24) is 14.9 Å². The molecule has 0 bridgehead atoms. The number of nitrogens with one attached hydrogen (secondary N) is 1. The van der Waals surface area contributed by atoms with Crippen molar-refractivity contribution in [1.29, 1.82) is 0 Å². The predicted molar refractivity (Wildman–Crippen MR) is 126 cm³/mol. The van der Waals surface area contributed by atoms with E-state index in [0.29, 0.717) is 5.56 Å². The first-order valence-electron chi connectivity index (χ1n) is 9.90. The van der Waals surface area contributed by atoms with E-state index >= 15 is 0 Å². The van der Waals surface area contributed by atoms with Crippen molar-refractivity contribution in [2.75, 3.05) is 0 Å². The van der Waals surface area contributed by atoms with Crippen molar-refractivity contribution in [2.45, 2.75) is 16.7 Å². The zero-order valence-electron chi connectivity index (χ0n) is 17.0. The SMILES string of the molecule is Cn1ccnc1C(NC(=O)c1ccc(CSc2ccc(Cl)cc2)cc1)c1ccccc1. The Balaban J connectivity index is 1.45. The van der Waals surface area contributed by atoms with Gasteiger partial charge in [-0.25, -0.2) is 4.98 Å². The maximum absolute atomic E-state index is 13.0. The zero-order valence-corrected chi connectivity index (χ0v) is 18.6. The molecule has 1 atom stereocenters. The first-order valence-corrected chi connectivity index (χ1v) is 11.3. The Bertz CT molecular complexity index is 1140. The summed E-state index contributed by atoms with van der Waals surface area (Å²) in [4.78, 5) is 18.6. The summed E-state index contributed by atoms with van der Waals surface area (Å²) in [5, 5.41) is 3.87. The maximum atomic E-state index is 13.0. The molecule has 1 heterocycles. The van der Waals surface area contributed by atoms with Gasteiger partial charge in [-0.3, -0.25) is 4.79 Å². The lowest BCUT2D eigenvalue weighted by molar-refractivity contribution is 0.0941. The van der Waals surface area contributed by atoms with Crippen LogP contribution >= 0.6 is 23.4 Å². The first-order chi connectivity index (χ1) is 15.1. The second-order valence-corrected chi connectivity index (χ2v) is 8.64. The van der Waals surface area contributed by atoms with Gasteiger partial charge < -0.3 is 9.88 Å². The van der Waals surface area contributed by atoms with Gasteiger partial charge in [0.05, 0.1) is 0 Å². The number of carbonyl (C=O) groups excluding carboxylic acids is 1. The van der Waals surface area contributed by atoms with Gasteiger partial charge in [-0.05, 0) is 47.5 Å². The Labute approximate surface area is 191 Å². The van der Waals surface area contributed by atoms with E-state index in [4.69, 9.17) is 11.6 Å². The molecule has 0 saturated heterocycles. The third kappa shape index (κ3) is 5.37. The molecule has 0 fully saturated rings. The van der Waals surface area contributed by atoms with E-state index in [1.54, 1.807) is 18.0 Å². The highest BCUT2D eigenvalue weighted by Gasteiger charge is 2.21. The summed E-state index contributed by atoms with van der Waals surface area (Å²) in [6.07, 6.45) is 3.62. The summed E-state index contributed by atoms with van der Waals surface area (Å²) in [7, 11) is 1.93. The number of rotatable bonds is 7. The molecular weight excluding hydrogens is 426 g/mol. The molecule has 0 aliphatic heterocycles. The number of hydrogen-bond acceptors (Lipinski definition) is 3. The van der Waals surface area contributed by atoms with Crippen LogP contribution in [0.3, 0.4) is 0 Å². The van der Waals surface area contributed by atoms with Crippen LogP contribution in [-0.4, -0.2) is 15.5 Å². The summed E-state index contributed by atoms with van der Waals surface area (Å²) in [6, 6.07) is 25.1. The van der Waals surface area contributed by atoms with Crippen LogP contribution in [0, 0.1) is 0 Å². The molecule has 1 N–H and O–H groups in total. The summed E-state index contributed by atoms with van der Waals surface area (Å²) in [5.41, 5.74) is 2.76. The van der Waals surface area contributed by atoms with Crippen LogP contribution in [0.1, 0.15) is 33.4 Å². The second-order valence-electron chi connectivity index (χ2n) is 7.15. The minimum Gasteiger partial charge on any atom is -0.338 e. The van der Waals surface area contributed by atoms with Crippen LogP contribution < -0.4 is 5.32 Å². The van der Waals surface area contributed by atoms with E-state index in [1.165, 1.54) is 0 Å². The Morgan fingerprint density at radius 2 is 1.74 bits per heavy atom. The molecular formula is C25H22ClN3OS. The molecule has 1 aromatic heterocycles. The third-order valence-electron chi connectivity index (χ3n) is 4.96. The molecule has 0 aliphatic rings. The average Bonchev–Trinajstić information content (AvgIpc) is 3.23. The zero-order chi connectivity index (χ0) is 21.6. The molecule has 1 amide bonds. The molecule has 1 unspecified atom stereocenters. The van der Waals surface area contributed by atoms with E-state index in [-0.39, 0.29) is 11.9 Å². The predicted octanol–water partition coefficient (Wildman–Crippen LogP) is 5.89. The van der Waals surface area contributed by atoms with Gasteiger partial charge in [0.25, 0.3) is 5.91 Å². The van der Waals surface area contributed by atoms with Gasteiger partial charge in [0, 0.05) is 40.7 Å². The molecule has 4 rings (SSSR count). The van der Waals surface area contributed by atoms with Gasteiger partial charge in [-0.2, -0.15) is 0 Å². The van der Waals surface area contributed by atoms with E-state index in [2.05, 4.69) is 10.3 Å². The molecule has 0 aliphatic carbocycles. The number of nitrogens with zero attached hydrogens (tertiary/aromatic N) is 2. The number of amides is 1. The molecule has 0 radical (unpaired) electrons. The fourth-order valence-electron chi connectivity index (χ4n) is 3.26. The molecule has 4 nitrogen and oxygen atoms in total. The molecule has 156 valence electrons. The van der Waals surface area contributed by atoms with E-state index in [1.807, 2.05) is 96.7 Å². The Hall–Kier alpha value is -3.02. The first kappa shape index (κ1) is 21.2. The number of thioether (sulfide) groups is 1. The quantitative estimate of drug-likeness (QED) is 0.359. The van der Waals surface area contributed by atoms with Crippen LogP contribution in [0.5, 0.6) is 0 Å². The van der Waals surface area contributed by atoms with Gasteiger partial charge in [0.15, 0.2) is 0 Å². The number of halogens is 1. The van der Waals surface area contributed by atoms with Crippen molar-refractivity contribution in [3.05, 3.63) is 119 Å². The topological polar surface area (TPSA) is 46.9 Å². The molecule has 4 aromatic rings. The fraction of sp³-hybridized carbons (Fsp3) is 0.120. The summed E-state index contributed by atoms with van der Waals surface area (Å²) < 4.78 is 1.93. The molecule has 0 saturated carbocycles. The largest absolute Gasteiger partial charge is 0.338 e. The Morgan fingerprint density at radius 3 is 2.39 bits per heavy atom. The number of carbonyl (C=O) groups is 1. The third-order valence-corrected chi connectivity index (χ3v) is 6.30. The molecule has 0 spiro atoms. The number of hydrogen-bond donors (Lipinski definition) is 1. The highest BCUT2D eigenvalue weighted by molar-refractivity contribution is 7.98. The van der Waals surface area contributed by atoms with Gasteiger partial charge >= 0.3 is 0 Å². The standard InChI is InChI=1S/C25H22ClN3OS/c1-29-16-15-27-24(29)23(19-5-3-2-4-6-19)28-25(30)20-9-7-18(8-10-20)17-31-22-13-11-21(26)12-14-22/h2-16,23H,17H2,1H3,(H,28,30). The fourth-order valence-corrected chi connectivity index (χ4v) is 4.24. The normalized spacial score (nSPS) is 11.8. The second kappa shape index (κ2) is 9.86. The lowest BCUT2D eigenvalue weighted by Crippen LogP contribution is -2.31. The van der Waals surface area contributed by atoms with Crippen molar-refractivity contribution < 1.29 is 4.79 Å². The monoisotopic (exact) mass is 447 g/mol. The Kier molecular flexibility index (Phi) is 6.75. The van der Waals surface area contributed by atoms with Crippen LogP contribution in [0.15, 0.2) is 96.2 Å². The van der Waals surface area contributed by atoms with Crippen molar-refractivity contribution in [3.8, 4) is 0 Å².